The number of piperidine rings is 1. The Labute approximate surface area is 231 Å². The van der Waals surface area contributed by atoms with Gasteiger partial charge in [0.2, 0.25) is 16.9 Å². The van der Waals surface area contributed by atoms with E-state index in [4.69, 9.17) is 0 Å². The van der Waals surface area contributed by atoms with E-state index in [1.807, 2.05) is 30.9 Å². The van der Waals surface area contributed by atoms with Crippen molar-refractivity contribution in [3.8, 4) is 0 Å². The van der Waals surface area contributed by atoms with Crippen molar-refractivity contribution in [1.29, 1.82) is 0 Å². The number of aromatic nitrogens is 2. The number of carbonyl (C=O) groups is 2. The second-order valence-corrected chi connectivity index (χ2v) is 11.8. The fourth-order valence-electron chi connectivity index (χ4n) is 4.84. The maximum absolute atomic E-state index is 13.1. The molecule has 1 amide bonds. The fourth-order valence-corrected chi connectivity index (χ4v) is 5.44. The molecule has 0 aliphatic carbocycles. The first-order chi connectivity index (χ1) is 18.2. The molecular weight excluding hydrogens is 531 g/mol. The number of carbonyl (C=O) groups excluding carboxylic acids is 1. The van der Waals surface area contributed by atoms with Gasteiger partial charge in [0.05, 0.1) is 17.8 Å². The maximum Gasteiger partial charge on any atom is 0.452 e. The van der Waals surface area contributed by atoms with Crippen LogP contribution in [0.3, 0.4) is 0 Å². The predicted molar refractivity (Wildman–Crippen MR) is 147 cm³/mol. The van der Waals surface area contributed by atoms with E-state index in [1.54, 1.807) is 13.0 Å². The van der Waals surface area contributed by atoms with Crippen LogP contribution in [-0.2, 0) is 15.8 Å². The van der Waals surface area contributed by atoms with Crippen molar-refractivity contribution < 1.29 is 27.9 Å². The normalized spacial score (nSPS) is 15.6. The van der Waals surface area contributed by atoms with Crippen LogP contribution < -0.4 is 10.2 Å². The second-order valence-electron chi connectivity index (χ2n) is 11.1. The third-order valence-electron chi connectivity index (χ3n) is 6.70. The minimum atomic E-state index is -4.65. The molecule has 1 aromatic heterocycles. The zero-order valence-electron chi connectivity index (χ0n) is 23.1. The third kappa shape index (κ3) is 8.55. The van der Waals surface area contributed by atoms with Crippen molar-refractivity contribution in [3.63, 3.8) is 0 Å². The van der Waals surface area contributed by atoms with Gasteiger partial charge in [-0.15, -0.1) is 0 Å². The van der Waals surface area contributed by atoms with E-state index >= 15 is 0 Å². The summed E-state index contributed by atoms with van der Waals surface area (Å²) in [6.45, 7) is 12.1. The average Bonchev–Trinajstić information content (AvgIpc) is 3.31. The largest absolute Gasteiger partial charge is 0.481 e. The van der Waals surface area contributed by atoms with E-state index in [0.717, 1.165) is 24.1 Å². The Kier molecular flexibility index (Phi) is 10.2. The topological polar surface area (TPSA) is 98.7 Å². The fraction of sp³-hybridized carbons (Fsp3) is 0.630. The first-order valence-electron chi connectivity index (χ1n) is 13.3. The van der Waals surface area contributed by atoms with E-state index in [9.17, 15) is 27.9 Å². The summed E-state index contributed by atoms with van der Waals surface area (Å²) in [7, 11) is 0. The summed E-state index contributed by atoms with van der Waals surface area (Å²) in [6.07, 6.45) is -2.67. The molecule has 0 spiro atoms. The van der Waals surface area contributed by atoms with E-state index in [2.05, 4.69) is 33.4 Å². The molecule has 1 atom stereocenters. The number of hydrogen-bond acceptors (Lipinski definition) is 7. The molecule has 1 aromatic carbocycles. The van der Waals surface area contributed by atoms with Gasteiger partial charge in [0.25, 0.3) is 0 Å². The van der Waals surface area contributed by atoms with E-state index in [1.165, 1.54) is 0 Å². The molecular formula is C27H38F3N5O3S. The number of nitrogens with zero attached hydrogens (tertiary/aromatic N) is 4. The lowest BCUT2D eigenvalue weighted by Crippen LogP contribution is -2.48. The molecule has 1 aliphatic heterocycles. The number of aliphatic carboxylic acids is 1. The second kappa shape index (κ2) is 13.0. The van der Waals surface area contributed by atoms with E-state index < -0.39 is 18.0 Å². The van der Waals surface area contributed by atoms with Gasteiger partial charge in [-0.05, 0) is 48.3 Å². The number of benzene rings is 1. The minimum Gasteiger partial charge on any atom is -0.481 e. The predicted octanol–water partition coefficient (Wildman–Crippen LogP) is 6.38. The first-order valence-corrected chi connectivity index (χ1v) is 14.1. The van der Waals surface area contributed by atoms with Crippen LogP contribution in [0.25, 0.3) is 0 Å². The molecule has 0 saturated carbocycles. The van der Waals surface area contributed by atoms with Crippen molar-refractivity contribution >= 4 is 39.9 Å². The van der Waals surface area contributed by atoms with Crippen molar-refractivity contribution in [2.24, 2.45) is 11.8 Å². The van der Waals surface area contributed by atoms with Gasteiger partial charge >= 0.3 is 12.1 Å². The summed E-state index contributed by atoms with van der Waals surface area (Å²) in [5.41, 5.74) is 2.10. The molecule has 39 heavy (non-hydrogen) atoms. The number of anilines is 3. The minimum absolute atomic E-state index is 0.00483. The van der Waals surface area contributed by atoms with Crippen LogP contribution in [0.2, 0.25) is 0 Å². The van der Waals surface area contributed by atoms with Crippen molar-refractivity contribution in [2.45, 2.75) is 78.4 Å². The van der Waals surface area contributed by atoms with Crippen LogP contribution in [0, 0.1) is 11.8 Å². The third-order valence-corrected chi connectivity index (χ3v) is 7.33. The van der Waals surface area contributed by atoms with E-state index in [0.29, 0.717) is 55.1 Å². The molecule has 1 aliphatic rings. The van der Waals surface area contributed by atoms with Crippen LogP contribution in [0.1, 0.15) is 77.6 Å². The standard InChI is InChI=1S/C27H38F3N5O3S/c1-16(2)12-23(36)34-10-8-20(9-11-34)35(15-17(3)4)22-7-6-19(18(5)13-24(37)38)14-21(22)31-26-32-25(33-39-26)27(28,29)30/h6-7,14,16-18,20H,8-13,15H2,1-5H3,(H,37,38)(H,31,32,33). The van der Waals surface area contributed by atoms with Gasteiger partial charge in [0.1, 0.15) is 0 Å². The molecule has 216 valence electrons. The number of carboxylic acid groups (broad SMARTS) is 1. The Morgan fingerprint density at radius 1 is 1.13 bits per heavy atom. The van der Waals surface area contributed by atoms with Crippen LogP contribution in [-0.4, -0.2) is 56.9 Å². The van der Waals surface area contributed by atoms with Crippen LogP contribution in [0.4, 0.5) is 29.7 Å². The number of halogens is 3. The average molecular weight is 570 g/mol. The monoisotopic (exact) mass is 569 g/mol. The zero-order valence-corrected chi connectivity index (χ0v) is 23.9. The molecule has 1 saturated heterocycles. The zero-order chi connectivity index (χ0) is 28.9. The summed E-state index contributed by atoms with van der Waals surface area (Å²) >= 11 is 0.625. The van der Waals surface area contributed by atoms with Gasteiger partial charge in [0, 0.05) is 43.6 Å². The van der Waals surface area contributed by atoms with Gasteiger partial charge in [0.15, 0.2) is 0 Å². The van der Waals surface area contributed by atoms with Crippen molar-refractivity contribution in [2.75, 3.05) is 29.9 Å². The summed E-state index contributed by atoms with van der Waals surface area (Å²) in [4.78, 5) is 31.7. The first kappa shape index (κ1) is 30.6. The number of alkyl halides is 3. The quantitative estimate of drug-likeness (QED) is 0.324. The van der Waals surface area contributed by atoms with Crippen molar-refractivity contribution in [1.82, 2.24) is 14.3 Å². The number of rotatable bonds is 11. The van der Waals surface area contributed by atoms with Gasteiger partial charge in [-0.3, -0.25) is 9.59 Å². The Morgan fingerprint density at radius 3 is 2.33 bits per heavy atom. The van der Waals surface area contributed by atoms with Gasteiger partial charge in [-0.1, -0.05) is 40.7 Å². The molecule has 1 unspecified atom stereocenters. The van der Waals surface area contributed by atoms with Gasteiger partial charge in [-0.25, -0.2) is 0 Å². The number of carboxylic acids is 1. The molecule has 12 heteroatoms. The molecule has 2 heterocycles. The Balaban J connectivity index is 1.94. The molecule has 2 aromatic rings. The summed E-state index contributed by atoms with van der Waals surface area (Å²) in [5.74, 6) is -1.69. The lowest BCUT2D eigenvalue weighted by atomic mass is 9.95. The summed E-state index contributed by atoms with van der Waals surface area (Å²) in [5, 5.41) is 12.3. The molecule has 1 fully saturated rings. The molecule has 3 rings (SSSR count). The van der Waals surface area contributed by atoms with Gasteiger partial charge in [-0.2, -0.15) is 22.5 Å². The van der Waals surface area contributed by atoms with E-state index in [-0.39, 0.29) is 29.4 Å². The molecule has 0 radical (unpaired) electrons. The van der Waals surface area contributed by atoms with Gasteiger partial charge < -0.3 is 20.2 Å². The Morgan fingerprint density at radius 2 is 1.79 bits per heavy atom. The summed E-state index contributed by atoms with van der Waals surface area (Å²) in [6, 6.07) is 5.70. The molecule has 8 nitrogen and oxygen atoms in total. The van der Waals surface area contributed by atoms with Crippen LogP contribution in [0.5, 0.6) is 0 Å². The van der Waals surface area contributed by atoms with Crippen molar-refractivity contribution in [3.05, 3.63) is 29.6 Å². The molecule has 0 bridgehead atoms. The van der Waals surface area contributed by atoms with Crippen LogP contribution in [0.15, 0.2) is 18.2 Å². The van der Waals surface area contributed by atoms with Crippen LogP contribution >= 0.6 is 11.5 Å². The SMILES string of the molecule is CC(C)CC(=O)N1CCC(N(CC(C)C)c2ccc(C(C)CC(=O)O)cc2Nc2nc(C(F)(F)F)ns2)CC1. The smallest absolute Gasteiger partial charge is 0.452 e. The number of hydrogen-bond donors (Lipinski definition) is 2. The number of amides is 1. The number of likely N-dealkylation sites (tertiary alicyclic amines) is 1. The highest BCUT2D eigenvalue weighted by atomic mass is 32.1. The molecule has 2 N–H and O–H groups in total. The highest BCUT2D eigenvalue weighted by Gasteiger charge is 2.36. The highest BCUT2D eigenvalue weighted by molar-refractivity contribution is 7.09. The Hall–Kier alpha value is -2.89. The maximum atomic E-state index is 13.1. The summed E-state index contributed by atoms with van der Waals surface area (Å²) < 4.78 is 42.9. The lowest BCUT2D eigenvalue weighted by Gasteiger charge is -2.41. The number of nitrogens with one attached hydrogen (secondary N) is 1. The highest BCUT2D eigenvalue weighted by Crippen LogP contribution is 2.37. The Bertz CT molecular complexity index is 1130. The lowest BCUT2D eigenvalue weighted by molar-refractivity contribution is -0.144.